The van der Waals surface area contributed by atoms with E-state index >= 15 is 0 Å². The van der Waals surface area contributed by atoms with Crippen LogP contribution in [-0.4, -0.2) is 18.6 Å². The van der Waals surface area contributed by atoms with Gasteiger partial charge in [0.15, 0.2) is 17.3 Å². The van der Waals surface area contributed by atoms with Crippen LogP contribution in [0.5, 0.6) is 5.75 Å². The summed E-state index contributed by atoms with van der Waals surface area (Å²) in [7, 11) is 1.43. The molecule has 0 atom stereocenters. The van der Waals surface area contributed by atoms with Gasteiger partial charge in [-0.1, -0.05) is 0 Å². The Morgan fingerprint density at radius 1 is 1.47 bits per heavy atom. The van der Waals surface area contributed by atoms with Crippen LogP contribution in [0.25, 0.3) is 0 Å². The van der Waals surface area contributed by atoms with Gasteiger partial charge in [0, 0.05) is 29.1 Å². The average molecular weight is 226 g/mol. The molecule has 4 heteroatoms. The van der Waals surface area contributed by atoms with Crippen LogP contribution in [0.1, 0.15) is 22.3 Å². The highest BCUT2D eigenvalue weighted by molar-refractivity contribution is 7.98. The predicted molar refractivity (Wildman–Crippen MR) is 58.1 cm³/mol. The standard InChI is InChI=1S/C11H11FO2S/c1-14-10-3-2-7-8(11(10)12)6-15-5-4-9(7)13/h2-3H,4-6H2,1H3. The van der Waals surface area contributed by atoms with Crippen molar-refractivity contribution in [2.45, 2.75) is 12.2 Å². The van der Waals surface area contributed by atoms with E-state index in [1.165, 1.54) is 13.2 Å². The Kier molecular flexibility index (Phi) is 2.95. The molecular formula is C11H11FO2S. The van der Waals surface area contributed by atoms with Crippen molar-refractivity contribution in [3.05, 3.63) is 29.1 Å². The number of ketones is 1. The molecule has 0 bridgehead atoms. The second kappa shape index (κ2) is 4.23. The zero-order valence-corrected chi connectivity index (χ0v) is 9.20. The summed E-state index contributed by atoms with van der Waals surface area (Å²) in [6.45, 7) is 0. The summed E-state index contributed by atoms with van der Waals surface area (Å²) in [6, 6.07) is 3.17. The predicted octanol–water partition coefficient (Wildman–Crippen LogP) is 2.65. The first-order valence-corrected chi connectivity index (χ1v) is 5.86. The summed E-state index contributed by atoms with van der Waals surface area (Å²) in [6.07, 6.45) is 0.490. The summed E-state index contributed by atoms with van der Waals surface area (Å²) in [5.74, 6) is 1.15. The molecule has 0 saturated heterocycles. The molecule has 0 spiro atoms. The maximum absolute atomic E-state index is 13.8. The summed E-state index contributed by atoms with van der Waals surface area (Å²) < 4.78 is 18.7. The lowest BCUT2D eigenvalue weighted by molar-refractivity contribution is 0.0989. The number of thioether (sulfide) groups is 1. The van der Waals surface area contributed by atoms with E-state index in [1.807, 2.05) is 0 Å². The van der Waals surface area contributed by atoms with E-state index in [2.05, 4.69) is 0 Å². The second-order valence-electron chi connectivity index (χ2n) is 3.33. The number of fused-ring (bicyclic) bond motifs is 1. The van der Waals surface area contributed by atoms with Crippen LogP contribution in [0.3, 0.4) is 0 Å². The van der Waals surface area contributed by atoms with Crippen molar-refractivity contribution in [3.8, 4) is 5.75 Å². The minimum absolute atomic E-state index is 0.0246. The maximum Gasteiger partial charge on any atom is 0.169 e. The smallest absolute Gasteiger partial charge is 0.169 e. The minimum atomic E-state index is -0.391. The van der Waals surface area contributed by atoms with E-state index in [0.29, 0.717) is 23.3 Å². The molecule has 2 rings (SSSR count). The molecule has 1 heterocycles. The Labute approximate surface area is 91.8 Å². The third kappa shape index (κ3) is 1.86. The Bertz CT molecular complexity index is 404. The third-order valence-electron chi connectivity index (χ3n) is 2.45. The van der Waals surface area contributed by atoms with E-state index in [-0.39, 0.29) is 11.5 Å². The van der Waals surface area contributed by atoms with Crippen LogP contribution in [0.15, 0.2) is 12.1 Å². The van der Waals surface area contributed by atoms with Gasteiger partial charge in [0.05, 0.1) is 7.11 Å². The summed E-state index contributed by atoms with van der Waals surface area (Å²) in [5, 5.41) is 0. The first-order chi connectivity index (χ1) is 7.24. The molecule has 0 saturated carbocycles. The highest BCUT2D eigenvalue weighted by Gasteiger charge is 2.21. The lowest BCUT2D eigenvalue weighted by Gasteiger charge is -2.09. The van der Waals surface area contributed by atoms with Gasteiger partial charge in [0.25, 0.3) is 0 Å². The molecule has 0 fully saturated rings. The lowest BCUT2D eigenvalue weighted by atomic mass is 10.0. The molecular weight excluding hydrogens is 215 g/mol. The number of carbonyl (C=O) groups is 1. The lowest BCUT2D eigenvalue weighted by Crippen LogP contribution is -2.04. The van der Waals surface area contributed by atoms with E-state index in [4.69, 9.17) is 4.74 Å². The molecule has 0 radical (unpaired) electrons. The molecule has 1 aromatic rings. The number of hydrogen-bond acceptors (Lipinski definition) is 3. The Balaban J connectivity index is 2.55. The zero-order chi connectivity index (χ0) is 10.8. The Hall–Kier alpha value is -1.03. The molecule has 0 amide bonds. The van der Waals surface area contributed by atoms with Gasteiger partial charge in [-0.05, 0) is 12.1 Å². The van der Waals surface area contributed by atoms with Crippen molar-refractivity contribution in [2.24, 2.45) is 0 Å². The largest absolute Gasteiger partial charge is 0.494 e. The van der Waals surface area contributed by atoms with Crippen molar-refractivity contribution in [1.82, 2.24) is 0 Å². The monoisotopic (exact) mass is 226 g/mol. The number of carbonyl (C=O) groups excluding carboxylic acids is 1. The molecule has 1 aliphatic heterocycles. The van der Waals surface area contributed by atoms with Crippen molar-refractivity contribution in [3.63, 3.8) is 0 Å². The molecule has 80 valence electrons. The summed E-state index contributed by atoms with van der Waals surface area (Å²) in [5.41, 5.74) is 1.00. The molecule has 0 aliphatic carbocycles. The number of ether oxygens (including phenoxy) is 1. The van der Waals surface area contributed by atoms with Crippen LogP contribution < -0.4 is 4.74 Å². The molecule has 0 unspecified atom stereocenters. The molecule has 2 nitrogen and oxygen atoms in total. The fourth-order valence-corrected chi connectivity index (χ4v) is 2.59. The minimum Gasteiger partial charge on any atom is -0.494 e. The number of Topliss-reactive ketones (excluding diaryl/α,β-unsaturated/α-hetero) is 1. The van der Waals surface area contributed by atoms with Crippen molar-refractivity contribution in [2.75, 3.05) is 12.9 Å². The van der Waals surface area contributed by atoms with Crippen LogP contribution in [0.4, 0.5) is 4.39 Å². The molecule has 15 heavy (non-hydrogen) atoms. The van der Waals surface area contributed by atoms with Gasteiger partial charge in [-0.2, -0.15) is 11.8 Å². The third-order valence-corrected chi connectivity index (χ3v) is 3.43. The maximum atomic E-state index is 13.8. The average Bonchev–Trinajstić information content (AvgIpc) is 2.42. The van der Waals surface area contributed by atoms with Gasteiger partial charge in [-0.3, -0.25) is 4.79 Å². The van der Waals surface area contributed by atoms with Gasteiger partial charge < -0.3 is 4.74 Å². The zero-order valence-electron chi connectivity index (χ0n) is 8.38. The Morgan fingerprint density at radius 3 is 3.00 bits per heavy atom. The topological polar surface area (TPSA) is 26.3 Å². The van der Waals surface area contributed by atoms with Crippen molar-refractivity contribution in [1.29, 1.82) is 0 Å². The van der Waals surface area contributed by atoms with Gasteiger partial charge >= 0.3 is 0 Å². The fraction of sp³-hybridized carbons (Fsp3) is 0.364. The van der Waals surface area contributed by atoms with E-state index < -0.39 is 5.82 Å². The first kappa shape index (κ1) is 10.5. The van der Waals surface area contributed by atoms with Gasteiger partial charge in [0.1, 0.15) is 0 Å². The summed E-state index contributed by atoms with van der Waals surface area (Å²) >= 11 is 1.58. The highest BCUT2D eigenvalue weighted by atomic mass is 32.2. The number of benzene rings is 1. The van der Waals surface area contributed by atoms with Crippen LogP contribution in [0, 0.1) is 5.82 Å². The Morgan fingerprint density at radius 2 is 2.27 bits per heavy atom. The quantitative estimate of drug-likeness (QED) is 0.736. The van der Waals surface area contributed by atoms with Crippen molar-refractivity contribution >= 4 is 17.5 Å². The fourth-order valence-electron chi connectivity index (χ4n) is 1.63. The van der Waals surface area contributed by atoms with Crippen molar-refractivity contribution < 1.29 is 13.9 Å². The van der Waals surface area contributed by atoms with Crippen LogP contribution >= 0.6 is 11.8 Å². The number of hydrogen-bond donors (Lipinski definition) is 0. The number of rotatable bonds is 1. The highest BCUT2D eigenvalue weighted by Crippen LogP contribution is 2.30. The molecule has 1 aliphatic rings. The van der Waals surface area contributed by atoms with E-state index in [9.17, 15) is 9.18 Å². The summed E-state index contributed by atoms with van der Waals surface area (Å²) in [4.78, 5) is 11.6. The van der Waals surface area contributed by atoms with E-state index in [0.717, 1.165) is 5.75 Å². The molecule has 1 aromatic carbocycles. The normalized spacial score (nSPS) is 15.7. The van der Waals surface area contributed by atoms with Gasteiger partial charge in [0.2, 0.25) is 0 Å². The SMILES string of the molecule is COc1ccc2c(c1F)CSCCC2=O. The van der Waals surface area contributed by atoms with Gasteiger partial charge in [-0.25, -0.2) is 4.39 Å². The second-order valence-corrected chi connectivity index (χ2v) is 4.44. The molecule has 0 aromatic heterocycles. The molecule has 0 N–H and O–H groups in total. The number of halogens is 1. The van der Waals surface area contributed by atoms with Gasteiger partial charge in [-0.15, -0.1) is 0 Å². The van der Waals surface area contributed by atoms with Crippen LogP contribution in [-0.2, 0) is 5.75 Å². The first-order valence-electron chi connectivity index (χ1n) is 4.70. The number of methoxy groups -OCH3 is 1. The van der Waals surface area contributed by atoms with Crippen LogP contribution in [0.2, 0.25) is 0 Å². The van der Waals surface area contributed by atoms with E-state index in [1.54, 1.807) is 17.8 Å².